The molecular weight excluding hydrogens is 298 g/mol. The summed E-state index contributed by atoms with van der Waals surface area (Å²) in [4.78, 5) is 3.99. The lowest BCUT2D eigenvalue weighted by atomic mass is 10.1. The maximum atomic E-state index is 13.9. The van der Waals surface area contributed by atoms with Crippen LogP contribution >= 0.6 is 0 Å². The van der Waals surface area contributed by atoms with Crippen molar-refractivity contribution in [2.75, 3.05) is 5.32 Å². The van der Waals surface area contributed by atoms with E-state index >= 15 is 0 Å². The summed E-state index contributed by atoms with van der Waals surface area (Å²) < 4.78 is 27.4. The smallest absolute Gasteiger partial charge is 0.152 e. The molecule has 2 N–H and O–H groups in total. The Bertz CT molecular complexity index is 911. The number of aromatic nitrogens is 1. The number of aromatic hydroxyl groups is 1. The second-order valence-corrected chi connectivity index (χ2v) is 5.72. The molecule has 0 amide bonds. The SMILES string of the molecule is Oc1cccc2c1CCC2Nc1ccnc2c(F)cc(F)cc12. The Balaban J connectivity index is 1.77. The van der Waals surface area contributed by atoms with Crippen molar-refractivity contribution >= 4 is 16.6 Å². The number of pyridine rings is 1. The zero-order chi connectivity index (χ0) is 16.0. The standard InChI is InChI=1S/C18H14F2N2O/c19-10-8-13-16(6-7-21-18(13)14(20)9-10)22-15-5-4-12-11(15)2-1-3-17(12)23/h1-3,6-9,15,23H,4-5H2,(H,21,22). The van der Waals surface area contributed by atoms with Crippen molar-refractivity contribution in [3.63, 3.8) is 0 Å². The fourth-order valence-electron chi connectivity index (χ4n) is 3.28. The number of fused-ring (bicyclic) bond motifs is 2. The van der Waals surface area contributed by atoms with Crippen LogP contribution in [0.1, 0.15) is 23.6 Å². The minimum atomic E-state index is -0.673. The number of hydrogen-bond acceptors (Lipinski definition) is 3. The van der Waals surface area contributed by atoms with Gasteiger partial charge in [0.25, 0.3) is 0 Å². The Hall–Kier alpha value is -2.69. The van der Waals surface area contributed by atoms with Crippen LogP contribution in [0, 0.1) is 11.6 Å². The number of nitrogens with zero attached hydrogens (tertiary/aromatic N) is 1. The van der Waals surface area contributed by atoms with Crippen LogP contribution < -0.4 is 5.32 Å². The van der Waals surface area contributed by atoms with Crippen molar-refractivity contribution < 1.29 is 13.9 Å². The molecule has 0 saturated carbocycles. The van der Waals surface area contributed by atoms with E-state index in [-0.39, 0.29) is 11.6 Å². The maximum absolute atomic E-state index is 13.9. The fraction of sp³-hybridized carbons (Fsp3) is 0.167. The Morgan fingerprint density at radius 2 is 2.04 bits per heavy atom. The molecule has 0 radical (unpaired) electrons. The van der Waals surface area contributed by atoms with Gasteiger partial charge in [0, 0.05) is 23.3 Å². The number of anilines is 1. The summed E-state index contributed by atoms with van der Waals surface area (Å²) in [5, 5.41) is 13.7. The predicted octanol–water partition coefficient (Wildman–Crippen LogP) is 4.32. The van der Waals surface area contributed by atoms with Crippen molar-refractivity contribution in [3.05, 3.63) is 65.4 Å². The van der Waals surface area contributed by atoms with Gasteiger partial charge < -0.3 is 10.4 Å². The summed E-state index contributed by atoms with van der Waals surface area (Å²) in [5.41, 5.74) is 2.73. The predicted molar refractivity (Wildman–Crippen MR) is 84.5 cm³/mol. The van der Waals surface area contributed by atoms with Gasteiger partial charge in [0.05, 0.1) is 6.04 Å². The van der Waals surface area contributed by atoms with Crippen LogP contribution in [-0.4, -0.2) is 10.1 Å². The Morgan fingerprint density at radius 3 is 2.91 bits per heavy atom. The van der Waals surface area contributed by atoms with Gasteiger partial charge in [-0.15, -0.1) is 0 Å². The van der Waals surface area contributed by atoms with Crippen molar-refractivity contribution in [1.82, 2.24) is 4.98 Å². The third kappa shape index (κ3) is 2.29. The zero-order valence-electron chi connectivity index (χ0n) is 12.2. The van der Waals surface area contributed by atoms with Gasteiger partial charge in [-0.25, -0.2) is 8.78 Å². The van der Waals surface area contributed by atoms with Crippen LogP contribution in [-0.2, 0) is 6.42 Å². The number of hydrogen-bond donors (Lipinski definition) is 2. The van der Waals surface area contributed by atoms with E-state index in [9.17, 15) is 13.9 Å². The van der Waals surface area contributed by atoms with E-state index in [1.165, 1.54) is 12.3 Å². The second kappa shape index (κ2) is 5.19. The molecule has 0 bridgehead atoms. The van der Waals surface area contributed by atoms with Crippen LogP contribution in [0.4, 0.5) is 14.5 Å². The minimum absolute atomic E-state index is 0.00553. The Kier molecular flexibility index (Phi) is 3.15. The van der Waals surface area contributed by atoms with Gasteiger partial charge >= 0.3 is 0 Å². The Morgan fingerprint density at radius 1 is 1.17 bits per heavy atom. The van der Waals surface area contributed by atoms with Crippen LogP contribution in [0.5, 0.6) is 5.75 Å². The van der Waals surface area contributed by atoms with Crippen molar-refractivity contribution in [3.8, 4) is 5.75 Å². The van der Waals surface area contributed by atoms with E-state index in [0.29, 0.717) is 16.8 Å². The molecule has 1 aliphatic rings. The van der Waals surface area contributed by atoms with Gasteiger partial charge in [0.15, 0.2) is 5.82 Å². The number of benzene rings is 2. The number of phenols is 1. The average molecular weight is 312 g/mol. The van der Waals surface area contributed by atoms with Gasteiger partial charge in [0.1, 0.15) is 17.1 Å². The summed E-state index contributed by atoms with van der Waals surface area (Å²) >= 11 is 0. The van der Waals surface area contributed by atoms with E-state index in [1.807, 2.05) is 6.07 Å². The molecule has 0 spiro atoms. The van der Waals surface area contributed by atoms with Crippen LogP contribution in [0.2, 0.25) is 0 Å². The molecule has 1 unspecified atom stereocenters. The number of phenolic OH excluding ortho intramolecular Hbond substituents is 1. The van der Waals surface area contributed by atoms with Crippen LogP contribution in [0.15, 0.2) is 42.6 Å². The highest BCUT2D eigenvalue weighted by atomic mass is 19.1. The van der Waals surface area contributed by atoms with Crippen molar-refractivity contribution in [2.45, 2.75) is 18.9 Å². The number of rotatable bonds is 2. The van der Waals surface area contributed by atoms with Crippen LogP contribution in [0.25, 0.3) is 10.9 Å². The lowest BCUT2D eigenvalue weighted by Crippen LogP contribution is -2.08. The molecule has 3 aromatic rings. The van der Waals surface area contributed by atoms with E-state index in [4.69, 9.17) is 0 Å². The largest absolute Gasteiger partial charge is 0.508 e. The molecule has 116 valence electrons. The van der Waals surface area contributed by atoms with Gasteiger partial charge in [0.2, 0.25) is 0 Å². The lowest BCUT2D eigenvalue weighted by Gasteiger charge is -2.17. The molecule has 0 saturated heterocycles. The molecular formula is C18H14F2N2O. The molecule has 1 aromatic heterocycles. The molecule has 1 aliphatic carbocycles. The molecule has 0 aliphatic heterocycles. The summed E-state index contributed by atoms with van der Waals surface area (Å²) in [5.74, 6) is -1.01. The first-order chi connectivity index (χ1) is 11.1. The molecule has 1 atom stereocenters. The quantitative estimate of drug-likeness (QED) is 0.741. The van der Waals surface area contributed by atoms with Gasteiger partial charge in [-0.05, 0) is 42.2 Å². The molecule has 1 heterocycles. The monoisotopic (exact) mass is 312 g/mol. The highest BCUT2D eigenvalue weighted by Gasteiger charge is 2.25. The summed E-state index contributed by atoms with van der Waals surface area (Å²) in [6, 6.07) is 9.26. The van der Waals surface area contributed by atoms with Crippen LogP contribution in [0.3, 0.4) is 0 Å². The molecule has 2 aromatic carbocycles. The zero-order valence-corrected chi connectivity index (χ0v) is 12.2. The topological polar surface area (TPSA) is 45.1 Å². The first kappa shape index (κ1) is 13.9. The summed E-state index contributed by atoms with van der Waals surface area (Å²) in [6.45, 7) is 0. The van der Waals surface area contributed by atoms with Gasteiger partial charge in [-0.2, -0.15) is 0 Å². The van der Waals surface area contributed by atoms with Crippen molar-refractivity contribution in [2.24, 2.45) is 0 Å². The number of halogens is 2. The van der Waals surface area contributed by atoms with Crippen molar-refractivity contribution in [1.29, 1.82) is 0 Å². The Labute approximate surface area is 131 Å². The third-order valence-corrected chi connectivity index (χ3v) is 4.34. The maximum Gasteiger partial charge on any atom is 0.152 e. The van der Waals surface area contributed by atoms with E-state index < -0.39 is 11.6 Å². The normalized spacial score (nSPS) is 16.5. The molecule has 4 rings (SSSR count). The third-order valence-electron chi connectivity index (χ3n) is 4.34. The lowest BCUT2D eigenvalue weighted by molar-refractivity contribution is 0.469. The minimum Gasteiger partial charge on any atom is -0.508 e. The number of nitrogens with one attached hydrogen (secondary N) is 1. The molecule has 3 nitrogen and oxygen atoms in total. The van der Waals surface area contributed by atoms with E-state index in [2.05, 4.69) is 10.3 Å². The van der Waals surface area contributed by atoms with E-state index in [0.717, 1.165) is 30.0 Å². The van der Waals surface area contributed by atoms with Gasteiger partial charge in [-0.3, -0.25) is 4.98 Å². The first-order valence-electron chi connectivity index (χ1n) is 7.44. The second-order valence-electron chi connectivity index (χ2n) is 5.72. The highest BCUT2D eigenvalue weighted by molar-refractivity contribution is 5.91. The average Bonchev–Trinajstić information content (AvgIpc) is 2.93. The highest BCUT2D eigenvalue weighted by Crippen LogP contribution is 2.39. The summed E-state index contributed by atoms with van der Waals surface area (Å²) in [7, 11) is 0. The molecule has 5 heteroatoms. The summed E-state index contributed by atoms with van der Waals surface area (Å²) in [6.07, 6.45) is 3.09. The molecule has 23 heavy (non-hydrogen) atoms. The van der Waals surface area contributed by atoms with Gasteiger partial charge in [-0.1, -0.05) is 12.1 Å². The van der Waals surface area contributed by atoms with E-state index in [1.54, 1.807) is 18.2 Å². The fourth-order valence-corrected chi connectivity index (χ4v) is 3.28. The first-order valence-corrected chi connectivity index (χ1v) is 7.44. The molecule has 0 fully saturated rings.